The molecule has 3 N–H and O–H groups in total. The molecule has 27 heavy (non-hydrogen) atoms. The molecule has 0 unspecified atom stereocenters. The van der Waals surface area contributed by atoms with E-state index in [4.69, 9.17) is 5.14 Å². The first-order valence-electron chi connectivity index (χ1n) is 7.89. The summed E-state index contributed by atoms with van der Waals surface area (Å²) in [6, 6.07) is 11.1. The Morgan fingerprint density at radius 3 is 2.11 bits per heavy atom. The minimum Gasteiger partial charge on any atom is -0.346 e. The number of hydrogen-bond acceptors (Lipinski definition) is 5. The number of hydrogen-bond donors (Lipinski definition) is 2. The molecule has 0 spiro atoms. The van der Waals surface area contributed by atoms with Crippen LogP contribution in [0.4, 0.5) is 0 Å². The van der Waals surface area contributed by atoms with Crippen molar-refractivity contribution in [3.05, 3.63) is 59.7 Å². The van der Waals surface area contributed by atoms with E-state index >= 15 is 0 Å². The van der Waals surface area contributed by atoms with Crippen molar-refractivity contribution in [2.75, 3.05) is 14.1 Å². The number of amides is 1. The number of primary sulfonamides is 1. The molecule has 1 atom stereocenters. The maximum absolute atomic E-state index is 12.5. The fourth-order valence-corrected chi connectivity index (χ4v) is 3.78. The Labute approximate surface area is 159 Å². The van der Waals surface area contributed by atoms with Crippen molar-refractivity contribution in [1.82, 2.24) is 9.62 Å². The van der Waals surface area contributed by atoms with Gasteiger partial charge in [0.25, 0.3) is 5.91 Å². The summed E-state index contributed by atoms with van der Waals surface area (Å²) in [5, 5.41) is 7.81. The summed E-state index contributed by atoms with van der Waals surface area (Å²) in [6.07, 6.45) is 0. The SMILES string of the molecule is C[C@@H](NC(=O)c1cccc(S(=O)(=O)N(C)C)c1)c1ccc(S(N)(=O)=O)cc1. The average molecular weight is 412 g/mol. The standard InChI is InChI=1S/C17H21N3O5S2/c1-12(13-7-9-15(10-8-13)26(18,22)23)19-17(21)14-5-4-6-16(11-14)27(24,25)20(2)3/h4-12H,1-3H3,(H,19,21)(H2,18,22,23)/t12-/m1/s1. The molecule has 2 aromatic carbocycles. The summed E-state index contributed by atoms with van der Waals surface area (Å²) in [6.45, 7) is 1.73. The maximum Gasteiger partial charge on any atom is 0.251 e. The largest absolute Gasteiger partial charge is 0.346 e. The molecule has 0 aromatic heterocycles. The van der Waals surface area contributed by atoms with Crippen LogP contribution >= 0.6 is 0 Å². The van der Waals surface area contributed by atoms with Crippen molar-refractivity contribution in [3.63, 3.8) is 0 Å². The van der Waals surface area contributed by atoms with Crippen LogP contribution < -0.4 is 10.5 Å². The number of rotatable bonds is 6. The van der Waals surface area contributed by atoms with Crippen LogP contribution in [-0.4, -0.2) is 41.1 Å². The predicted octanol–water partition coefficient (Wildman–Crippen LogP) is 1.08. The van der Waals surface area contributed by atoms with Gasteiger partial charge in [0.15, 0.2) is 0 Å². The van der Waals surface area contributed by atoms with E-state index in [0.717, 1.165) is 4.31 Å². The Balaban J connectivity index is 2.20. The Morgan fingerprint density at radius 1 is 1.00 bits per heavy atom. The van der Waals surface area contributed by atoms with Crippen molar-refractivity contribution < 1.29 is 21.6 Å². The number of sulfonamides is 2. The molecule has 146 valence electrons. The lowest BCUT2D eigenvalue weighted by molar-refractivity contribution is 0.0939. The summed E-state index contributed by atoms with van der Waals surface area (Å²) in [7, 11) is -4.61. The predicted molar refractivity (Wildman–Crippen MR) is 101 cm³/mol. The van der Waals surface area contributed by atoms with E-state index in [-0.39, 0.29) is 15.4 Å². The van der Waals surface area contributed by atoms with Crippen LogP contribution in [0.1, 0.15) is 28.9 Å². The van der Waals surface area contributed by atoms with Gasteiger partial charge in [-0.25, -0.2) is 26.3 Å². The fraction of sp³-hybridized carbons (Fsp3) is 0.235. The average Bonchev–Trinajstić information content (AvgIpc) is 2.61. The zero-order valence-corrected chi connectivity index (χ0v) is 16.7. The first kappa shape index (κ1) is 21.0. The number of carbonyl (C=O) groups excluding carboxylic acids is 1. The number of benzene rings is 2. The first-order chi connectivity index (χ1) is 12.4. The highest BCUT2D eigenvalue weighted by Gasteiger charge is 2.19. The zero-order chi connectivity index (χ0) is 20.4. The van der Waals surface area contributed by atoms with Crippen LogP contribution in [0, 0.1) is 0 Å². The van der Waals surface area contributed by atoms with Gasteiger partial charge in [-0.15, -0.1) is 0 Å². The van der Waals surface area contributed by atoms with E-state index < -0.39 is 32.0 Å². The van der Waals surface area contributed by atoms with Gasteiger partial charge in [0.2, 0.25) is 20.0 Å². The summed E-state index contributed by atoms with van der Waals surface area (Å²) >= 11 is 0. The molecule has 2 aromatic rings. The smallest absolute Gasteiger partial charge is 0.251 e. The Kier molecular flexibility index (Phi) is 6.05. The number of carbonyl (C=O) groups is 1. The molecule has 0 bridgehead atoms. The van der Waals surface area contributed by atoms with E-state index in [2.05, 4.69) is 5.32 Å². The minimum absolute atomic E-state index is 0.0188. The van der Waals surface area contributed by atoms with Gasteiger partial charge in [0.1, 0.15) is 0 Å². The molecule has 0 aliphatic heterocycles. The molecule has 10 heteroatoms. The first-order valence-corrected chi connectivity index (χ1v) is 10.9. The van der Waals surface area contributed by atoms with Crippen LogP contribution in [0.5, 0.6) is 0 Å². The molecule has 1 amide bonds. The van der Waals surface area contributed by atoms with E-state index in [1.807, 2.05) is 0 Å². The lowest BCUT2D eigenvalue weighted by Gasteiger charge is -2.16. The molecule has 0 heterocycles. The molecule has 0 saturated carbocycles. The molecule has 8 nitrogen and oxygen atoms in total. The minimum atomic E-state index is -3.79. The number of nitrogens with zero attached hydrogens (tertiary/aromatic N) is 1. The third-order valence-corrected chi connectivity index (χ3v) is 6.67. The van der Waals surface area contributed by atoms with Crippen molar-refractivity contribution in [2.24, 2.45) is 5.14 Å². The summed E-state index contributed by atoms with van der Waals surface area (Å²) in [5.41, 5.74) is 0.874. The summed E-state index contributed by atoms with van der Waals surface area (Å²) in [4.78, 5) is 12.5. The summed E-state index contributed by atoms with van der Waals surface area (Å²) in [5.74, 6) is -0.450. The van der Waals surface area contributed by atoms with E-state index in [1.54, 1.807) is 19.1 Å². The van der Waals surface area contributed by atoms with Gasteiger partial charge in [-0.1, -0.05) is 18.2 Å². The highest BCUT2D eigenvalue weighted by atomic mass is 32.2. The molecule has 0 aliphatic carbocycles. The molecule has 0 radical (unpaired) electrons. The second kappa shape index (κ2) is 7.77. The van der Waals surface area contributed by atoms with E-state index in [1.165, 1.54) is 50.5 Å². The van der Waals surface area contributed by atoms with Crippen molar-refractivity contribution in [3.8, 4) is 0 Å². The van der Waals surface area contributed by atoms with E-state index in [9.17, 15) is 21.6 Å². The number of nitrogens with two attached hydrogens (primary N) is 1. The molecule has 0 saturated heterocycles. The van der Waals surface area contributed by atoms with Crippen LogP contribution in [-0.2, 0) is 20.0 Å². The van der Waals surface area contributed by atoms with Gasteiger partial charge < -0.3 is 5.32 Å². The quantitative estimate of drug-likeness (QED) is 0.735. The molecule has 0 fully saturated rings. The van der Waals surface area contributed by atoms with Gasteiger partial charge >= 0.3 is 0 Å². The molecule has 0 aliphatic rings. The third-order valence-electron chi connectivity index (χ3n) is 3.93. The van der Waals surface area contributed by atoms with Crippen LogP contribution in [0.15, 0.2) is 58.3 Å². The van der Waals surface area contributed by atoms with Gasteiger partial charge in [-0.2, -0.15) is 0 Å². The Morgan fingerprint density at radius 2 is 1.59 bits per heavy atom. The number of nitrogens with one attached hydrogen (secondary N) is 1. The molecular formula is C17H21N3O5S2. The zero-order valence-electron chi connectivity index (χ0n) is 15.1. The monoisotopic (exact) mass is 411 g/mol. The molecular weight excluding hydrogens is 390 g/mol. The lowest BCUT2D eigenvalue weighted by atomic mass is 10.1. The maximum atomic E-state index is 12.5. The van der Waals surface area contributed by atoms with Gasteiger partial charge in [-0.3, -0.25) is 4.79 Å². The highest BCUT2D eigenvalue weighted by molar-refractivity contribution is 7.89. The molecule has 2 rings (SSSR count). The van der Waals surface area contributed by atoms with Crippen molar-refractivity contribution in [2.45, 2.75) is 22.8 Å². The summed E-state index contributed by atoms with van der Waals surface area (Å²) < 4.78 is 48.1. The van der Waals surface area contributed by atoms with Crippen LogP contribution in [0.3, 0.4) is 0 Å². The lowest BCUT2D eigenvalue weighted by Crippen LogP contribution is -2.27. The van der Waals surface area contributed by atoms with E-state index in [0.29, 0.717) is 5.56 Å². The van der Waals surface area contributed by atoms with Gasteiger partial charge in [0, 0.05) is 19.7 Å². The van der Waals surface area contributed by atoms with Gasteiger partial charge in [0.05, 0.1) is 15.8 Å². The fourth-order valence-electron chi connectivity index (χ4n) is 2.32. The highest BCUT2D eigenvalue weighted by Crippen LogP contribution is 2.18. The topological polar surface area (TPSA) is 127 Å². The normalized spacial score (nSPS) is 13.4. The van der Waals surface area contributed by atoms with Crippen molar-refractivity contribution >= 4 is 26.0 Å². The third kappa shape index (κ3) is 4.92. The Hall–Kier alpha value is -2.27. The van der Waals surface area contributed by atoms with Crippen LogP contribution in [0.25, 0.3) is 0 Å². The van der Waals surface area contributed by atoms with Crippen LogP contribution in [0.2, 0.25) is 0 Å². The second-order valence-electron chi connectivity index (χ2n) is 6.12. The second-order valence-corrected chi connectivity index (χ2v) is 9.84. The Bertz CT molecular complexity index is 1050. The van der Waals surface area contributed by atoms with Gasteiger partial charge in [-0.05, 0) is 42.8 Å². The van der Waals surface area contributed by atoms with Crippen molar-refractivity contribution in [1.29, 1.82) is 0 Å².